The predicted molar refractivity (Wildman–Crippen MR) is 65.1 cm³/mol. The Hall–Kier alpha value is -1.82. The van der Waals surface area contributed by atoms with E-state index in [-0.39, 0.29) is 12.5 Å². The summed E-state index contributed by atoms with van der Waals surface area (Å²) in [5, 5.41) is 4.48. The smallest absolute Gasteiger partial charge is 0.325 e. The van der Waals surface area contributed by atoms with E-state index in [0.717, 1.165) is 10.2 Å². The van der Waals surface area contributed by atoms with E-state index in [9.17, 15) is 9.59 Å². The van der Waals surface area contributed by atoms with E-state index >= 15 is 0 Å². The number of aryl methyl sites for hydroxylation is 1. The lowest BCUT2D eigenvalue weighted by Gasteiger charge is -2.04. The first-order valence-corrected chi connectivity index (χ1v) is 5.89. The average molecular weight is 252 g/mol. The van der Waals surface area contributed by atoms with Crippen molar-refractivity contribution in [3.63, 3.8) is 0 Å². The standard InChI is InChI=1S/C11H12N2O3S/c1-13-7-3-4-17-9(7)5-8(13)11(15)12-6-10(14)16-2/h3-5H,6H2,1-2H3,(H,12,15). The van der Waals surface area contributed by atoms with Gasteiger partial charge >= 0.3 is 5.97 Å². The monoisotopic (exact) mass is 252 g/mol. The van der Waals surface area contributed by atoms with Crippen molar-refractivity contribution in [3.05, 3.63) is 23.2 Å². The van der Waals surface area contributed by atoms with E-state index in [1.165, 1.54) is 7.11 Å². The van der Waals surface area contributed by atoms with Gasteiger partial charge in [0.1, 0.15) is 12.2 Å². The van der Waals surface area contributed by atoms with E-state index in [4.69, 9.17) is 0 Å². The minimum absolute atomic E-state index is 0.117. The summed E-state index contributed by atoms with van der Waals surface area (Å²) in [6.45, 7) is -0.117. The Kier molecular flexibility index (Phi) is 3.14. The van der Waals surface area contributed by atoms with Gasteiger partial charge < -0.3 is 14.6 Å². The third-order valence-corrected chi connectivity index (χ3v) is 3.37. The number of rotatable bonds is 3. The maximum Gasteiger partial charge on any atom is 0.325 e. The fourth-order valence-corrected chi connectivity index (χ4v) is 2.43. The van der Waals surface area contributed by atoms with Gasteiger partial charge in [0.15, 0.2) is 0 Å². The molecule has 2 aromatic heterocycles. The molecule has 0 unspecified atom stereocenters. The van der Waals surface area contributed by atoms with E-state index in [1.54, 1.807) is 15.9 Å². The van der Waals surface area contributed by atoms with Gasteiger partial charge in [0, 0.05) is 7.05 Å². The molecule has 6 heteroatoms. The molecule has 0 aromatic carbocycles. The summed E-state index contributed by atoms with van der Waals surface area (Å²) in [5.74, 6) is -0.740. The first kappa shape index (κ1) is 11.7. The maximum atomic E-state index is 11.8. The second kappa shape index (κ2) is 4.58. The topological polar surface area (TPSA) is 60.3 Å². The van der Waals surface area contributed by atoms with Crippen LogP contribution < -0.4 is 5.32 Å². The molecule has 0 radical (unpaired) electrons. The zero-order valence-corrected chi connectivity index (χ0v) is 10.3. The van der Waals surface area contributed by atoms with Gasteiger partial charge in [0.05, 0.1) is 17.3 Å². The molecule has 0 bridgehead atoms. The molecule has 1 N–H and O–H groups in total. The van der Waals surface area contributed by atoms with Crippen LogP contribution in [0.2, 0.25) is 0 Å². The molecule has 0 aliphatic rings. The minimum Gasteiger partial charge on any atom is -0.468 e. The van der Waals surface area contributed by atoms with Crippen LogP contribution in [0.3, 0.4) is 0 Å². The number of fused-ring (bicyclic) bond motifs is 1. The third kappa shape index (κ3) is 2.16. The molecule has 2 aromatic rings. The first-order chi connectivity index (χ1) is 8.13. The van der Waals surface area contributed by atoms with Crippen LogP contribution in [-0.4, -0.2) is 30.1 Å². The van der Waals surface area contributed by atoms with Crippen molar-refractivity contribution in [3.8, 4) is 0 Å². The SMILES string of the molecule is COC(=O)CNC(=O)c1cc2sccc2n1C. The summed E-state index contributed by atoms with van der Waals surface area (Å²) >= 11 is 1.58. The Labute approximate surface area is 102 Å². The van der Waals surface area contributed by atoms with Crippen LogP contribution in [-0.2, 0) is 16.6 Å². The van der Waals surface area contributed by atoms with Crippen LogP contribution >= 0.6 is 11.3 Å². The molecule has 0 saturated heterocycles. The van der Waals surface area contributed by atoms with Crippen LogP contribution in [0, 0.1) is 0 Å². The zero-order valence-electron chi connectivity index (χ0n) is 9.52. The van der Waals surface area contributed by atoms with Crippen molar-refractivity contribution in [2.24, 2.45) is 7.05 Å². The number of aromatic nitrogens is 1. The number of carbonyl (C=O) groups is 2. The van der Waals surface area contributed by atoms with Gasteiger partial charge in [-0.05, 0) is 17.5 Å². The van der Waals surface area contributed by atoms with E-state index in [2.05, 4.69) is 10.1 Å². The molecule has 0 aliphatic carbocycles. The number of hydrogen-bond acceptors (Lipinski definition) is 4. The lowest BCUT2D eigenvalue weighted by Crippen LogP contribution is -2.31. The van der Waals surface area contributed by atoms with Crippen molar-refractivity contribution >= 4 is 33.4 Å². The highest BCUT2D eigenvalue weighted by Gasteiger charge is 2.14. The average Bonchev–Trinajstić information content (AvgIpc) is 2.89. The summed E-state index contributed by atoms with van der Waals surface area (Å²) in [5.41, 5.74) is 1.55. The van der Waals surface area contributed by atoms with Crippen LogP contribution in [0.15, 0.2) is 17.5 Å². The molecule has 5 nitrogen and oxygen atoms in total. The van der Waals surface area contributed by atoms with Gasteiger partial charge in [-0.3, -0.25) is 9.59 Å². The molecule has 17 heavy (non-hydrogen) atoms. The van der Waals surface area contributed by atoms with Crippen molar-refractivity contribution in [1.29, 1.82) is 0 Å². The highest BCUT2D eigenvalue weighted by Crippen LogP contribution is 2.23. The summed E-state index contributed by atoms with van der Waals surface area (Å²) in [4.78, 5) is 22.7. The number of ether oxygens (including phenoxy) is 1. The van der Waals surface area contributed by atoms with Gasteiger partial charge in [-0.1, -0.05) is 0 Å². The molecule has 0 aliphatic heterocycles. The molecule has 90 valence electrons. The van der Waals surface area contributed by atoms with Gasteiger partial charge in [-0.2, -0.15) is 0 Å². The van der Waals surface area contributed by atoms with Crippen LogP contribution in [0.25, 0.3) is 10.2 Å². The Morgan fingerprint density at radius 1 is 1.53 bits per heavy atom. The minimum atomic E-state index is -0.464. The number of hydrogen-bond donors (Lipinski definition) is 1. The van der Waals surface area contributed by atoms with Crippen molar-refractivity contribution < 1.29 is 14.3 Å². The number of nitrogens with zero attached hydrogens (tertiary/aromatic N) is 1. The fraction of sp³-hybridized carbons (Fsp3) is 0.273. The van der Waals surface area contributed by atoms with Crippen LogP contribution in [0.1, 0.15) is 10.5 Å². The fourth-order valence-electron chi connectivity index (χ4n) is 1.58. The molecule has 1 amide bonds. The number of carbonyl (C=O) groups excluding carboxylic acids is 2. The van der Waals surface area contributed by atoms with E-state index in [0.29, 0.717) is 5.69 Å². The highest BCUT2D eigenvalue weighted by molar-refractivity contribution is 7.17. The Balaban J connectivity index is 2.16. The predicted octanol–water partition coefficient (Wildman–Crippen LogP) is 1.14. The zero-order chi connectivity index (χ0) is 12.4. The van der Waals surface area contributed by atoms with Gasteiger partial charge in [0.25, 0.3) is 5.91 Å². The molecule has 0 fully saturated rings. The van der Waals surface area contributed by atoms with Crippen molar-refractivity contribution in [1.82, 2.24) is 9.88 Å². The number of methoxy groups -OCH3 is 1. The van der Waals surface area contributed by atoms with Crippen molar-refractivity contribution in [2.75, 3.05) is 13.7 Å². The molecular weight excluding hydrogens is 240 g/mol. The Morgan fingerprint density at radius 2 is 2.29 bits per heavy atom. The summed E-state index contributed by atoms with van der Waals surface area (Å²) in [7, 11) is 3.11. The lowest BCUT2D eigenvalue weighted by atomic mass is 10.4. The van der Waals surface area contributed by atoms with Crippen LogP contribution in [0.5, 0.6) is 0 Å². The van der Waals surface area contributed by atoms with Gasteiger partial charge in [0.2, 0.25) is 0 Å². The summed E-state index contributed by atoms with van der Waals surface area (Å²) in [6, 6.07) is 3.77. The third-order valence-electron chi connectivity index (χ3n) is 2.52. The molecule has 0 saturated carbocycles. The number of nitrogens with one attached hydrogen (secondary N) is 1. The van der Waals surface area contributed by atoms with E-state index < -0.39 is 5.97 Å². The van der Waals surface area contributed by atoms with Gasteiger partial charge in [-0.25, -0.2) is 0 Å². The number of amides is 1. The molecule has 2 rings (SSSR count). The second-order valence-electron chi connectivity index (χ2n) is 3.52. The first-order valence-electron chi connectivity index (χ1n) is 5.01. The highest BCUT2D eigenvalue weighted by atomic mass is 32.1. The van der Waals surface area contributed by atoms with Crippen LogP contribution in [0.4, 0.5) is 0 Å². The largest absolute Gasteiger partial charge is 0.468 e. The Morgan fingerprint density at radius 3 is 2.94 bits per heavy atom. The second-order valence-corrected chi connectivity index (χ2v) is 4.47. The van der Waals surface area contributed by atoms with E-state index in [1.807, 2.05) is 24.6 Å². The molecular formula is C11H12N2O3S. The lowest BCUT2D eigenvalue weighted by molar-refractivity contribution is -0.139. The summed E-state index contributed by atoms with van der Waals surface area (Å²) < 4.78 is 7.31. The van der Waals surface area contributed by atoms with Crippen molar-refractivity contribution in [2.45, 2.75) is 0 Å². The Bertz CT molecular complexity index is 570. The van der Waals surface area contributed by atoms with Gasteiger partial charge in [-0.15, -0.1) is 11.3 Å². The molecule has 2 heterocycles. The number of esters is 1. The number of thiophene rings is 1. The molecule has 0 atom stereocenters. The normalized spacial score (nSPS) is 10.5. The quantitative estimate of drug-likeness (QED) is 0.833. The maximum absolute atomic E-state index is 11.8. The molecule has 0 spiro atoms. The summed E-state index contributed by atoms with van der Waals surface area (Å²) in [6.07, 6.45) is 0.